The maximum absolute atomic E-state index is 12.0. The lowest BCUT2D eigenvalue weighted by molar-refractivity contribution is -0.116. The quantitative estimate of drug-likeness (QED) is 0.665. The van der Waals surface area contributed by atoms with Gasteiger partial charge in [0.2, 0.25) is 5.91 Å². The third kappa shape index (κ3) is 4.17. The fraction of sp³-hybridized carbons (Fsp3) is 0.286. The van der Waals surface area contributed by atoms with Gasteiger partial charge in [-0.15, -0.1) is 11.3 Å². The number of hydrogen-bond donors (Lipinski definition) is 1. The van der Waals surface area contributed by atoms with E-state index in [1.807, 2.05) is 48.0 Å². The molecule has 1 aliphatic rings. The summed E-state index contributed by atoms with van der Waals surface area (Å²) in [5.41, 5.74) is 4.54. The Kier molecular flexibility index (Phi) is 5.44. The molecular formula is C21H22N4OS. The van der Waals surface area contributed by atoms with Crippen LogP contribution in [-0.2, 0) is 24.2 Å². The molecular weight excluding hydrogens is 356 g/mol. The number of carbonyl (C=O) groups excluding carboxylic acids is 1. The van der Waals surface area contributed by atoms with Crippen LogP contribution < -0.4 is 5.32 Å². The molecule has 5 nitrogen and oxygen atoms in total. The number of hydrogen-bond acceptors (Lipinski definition) is 4. The minimum Gasteiger partial charge on any atom is -0.351 e. The maximum Gasteiger partial charge on any atom is 0.244 e. The number of rotatable bonds is 6. The Bertz CT molecular complexity index is 929. The van der Waals surface area contributed by atoms with Gasteiger partial charge in [-0.25, -0.2) is 0 Å². The van der Waals surface area contributed by atoms with Crippen LogP contribution in [-0.4, -0.2) is 27.2 Å². The second-order valence-electron chi connectivity index (χ2n) is 6.56. The number of nitrogens with one attached hydrogen (secondary N) is 1. The van der Waals surface area contributed by atoms with E-state index in [0.717, 1.165) is 29.1 Å². The van der Waals surface area contributed by atoms with Gasteiger partial charge < -0.3 is 5.32 Å². The smallest absolute Gasteiger partial charge is 0.244 e. The normalized spacial score (nSPS) is 13.6. The number of aromatic nitrogens is 3. The molecule has 3 aromatic rings. The lowest BCUT2D eigenvalue weighted by Gasteiger charge is -2.14. The van der Waals surface area contributed by atoms with E-state index in [1.165, 1.54) is 24.1 Å². The Hall–Kier alpha value is -2.73. The van der Waals surface area contributed by atoms with E-state index in [2.05, 4.69) is 15.0 Å². The first-order valence-electron chi connectivity index (χ1n) is 9.30. The number of pyridine rings is 1. The zero-order valence-electron chi connectivity index (χ0n) is 15.1. The maximum atomic E-state index is 12.0. The first-order valence-corrected chi connectivity index (χ1v) is 10.2. The van der Waals surface area contributed by atoms with Crippen molar-refractivity contribution in [1.29, 1.82) is 0 Å². The van der Waals surface area contributed by atoms with Crippen molar-refractivity contribution in [2.24, 2.45) is 0 Å². The van der Waals surface area contributed by atoms with Crippen LogP contribution in [0.5, 0.6) is 0 Å². The van der Waals surface area contributed by atoms with Crippen LogP contribution in [0.3, 0.4) is 0 Å². The fourth-order valence-corrected chi connectivity index (χ4v) is 4.07. The van der Waals surface area contributed by atoms with Crippen molar-refractivity contribution in [3.05, 3.63) is 64.1 Å². The number of thiophene rings is 1. The zero-order chi connectivity index (χ0) is 18.5. The van der Waals surface area contributed by atoms with Crippen LogP contribution in [0.4, 0.5) is 0 Å². The Balaban J connectivity index is 1.43. The van der Waals surface area contributed by atoms with Gasteiger partial charge in [0.15, 0.2) is 0 Å². The molecule has 0 bridgehead atoms. The molecule has 0 atom stereocenters. The minimum atomic E-state index is -0.0747. The summed E-state index contributed by atoms with van der Waals surface area (Å²) in [6, 6.07) is 9.90. The second kappa shape index (κ2) is 8.31. The van der Waals surface area contributed by atoms with Crippen molar-refractivity contribution in [3.8, 4) is 11.4 Å². The highest BCUT2D eigenvalue weighted by Gasteiger charge is 2.22. The van der Waals surface area contributed by atoms with Crippen molar-refractivity contribution in [2.75, 3.05) is 6.54 Å². The summed E-state index contributed by atoms with van der Waals surface area (Å²) in [5.74, 6) is -0.0747. The van der Waals surface area contributed by atoms with E-state index in [9.17, 15) is 4.79 Å². The number of fused-ring (bicyclic) bond motifs is 1. The monoisotopic (exact) mass is 378 g/mol. The third-order valence-electron chi connectivity index (χ3n) is 4.73. The molecule has 1 aliphatic carbocycles. The van der Waals surface area contributed by atoms with Crippen LogP contribution >= 0.6 is 11.3 Å². The molecule has 1 amide bonds. The van der Waals surface area contributed by atoms with E-state index in [4.69, 9.17) is 5.10 Å². The first-order chi connectivity index (χ1) is 13.3. The molecule has 27 heavy (non-hydrogen) atoms. The summed E-state index contributed by atoms with van der Waals surface area (Å²) in [7, 11) is 0. The summed E-state index contributed by atoms with van der Waals surface area (Å²) < 4.78 is 2.06. The topological polar surface area (TPSA) is 59.8 Å². The van der Waals surface area contributed by atoms with Gasteiger partial charge in [-0.3, -0.25) is 14.5 Å². The summed E-state index contributed by atoms with van der Waals surface area (Å²) in [6.45, 7) is 1.23. The molecule has 0 aromatic carbocycles. The average Bonchev–Trinajstić information content (AvgIpc) is 3.35. The van der Waals surface area contributed by atoms with Gasteiger partial charge in [0.05, 0.1) is 12.2 Å². The Morgan fingerprint density at radius 1 is 1.22 bits per heavy atom. The van der Waals surface area contributed by atoms with Gasteiger partial charge in [-0.2, -0.15) is 5.10 Å². The number of amides is 1. The molecule has 4 rings (SSSR count). The molecule has 0 saturated heterocycles. The van der Waals surface area contributed by atoms with Gasteiger partial charge in [0.25, 0.3) is 0 Å². The molecule has 0 radical (unpaired) electrons. The van der Waals surface area contributed by atoms with Crippen molar-refractivity contribution >= 4 is 23.3 Å². The molecule has 0 aliphatic heterocycles. The fourth-order valence-electron chi connectivity index (χ4n) is 3.45. The van der Waals surface area contributed by atoms with Gasteiger partial charge in [0.1, 0.15) is 5.69 Å². The SMILES string of the molecule is O=C(/C=C/c1cccs1)NCCn1nc(-c2ccccn2)c2c1CCCC2. The van der Waals surface area contributed by atoms with Crippen LogP contribution in [0.2, 0.25) is 0 Å². The van der Waals surface area contributed by atoms with Crippen LogP contribution in [0, 0.1) is 0 Å². The number of nitrogens with zero attached hydrogens (tertiary/aromatic N) is 3. The van der Waals surface area contributed by atoms with E-state index in [1.54, 1.807) is 17.4 Å². The van der Waals surface area contributed by atoms with Crippen molar-refractivity contribution < 1.29 is 4.79 Å². The largest absolute Gasteiger partial charge is 0.351 e. The highest BCUT2D eigenvalue weighted by Crippen LogP contribution is 2.30. The molecule has 1 N–H and O–H groups in total. The molecule has 0 spiro atoms. The molecule has 3 heterocycles. The summed E-state index contributed by atoms with van der Waals surface area (Å²) in [6.07, 6.45) is 9.72. The predicted molar refractivity (Wildman–Crippen MR) is 108 cm³/mol. The van der Waals surface area contributed by atoms with Crippen LogP contribution in [0.25, 0.3) is 17.5 Å². The van der Waals surface area contributed by atoms with E-state index >= 15 is 0 Å². The van der Waals surface area contributed by atoms with Gasteiger partial charge in [-0.05, 0) is 55.3 Å². The standard InChI is InChI=1S/C21H22N4OS/c26-20(11-10-16-6-5-15-27-16)23-13-14-25-19-9-2-1-7-17(19)21(24-25)18-8-3-4-12-22-18/h3-6,8,10-12,15H,1-2,7,9,13-14H2,(H,23,26)/b11-10+. The number of carbonyl (C=O) groups is 1. The van der Waals surface area contributed by atoms with E-state index in [-0.39, 0.29) is 5.91 Å². The Labute approximate surface area is 162 Å². The second-order valence-corrected chi connectivity index (χ2v) is 7.54. The van der Waals surface area contributed by atoms with Gasteiger partial charge >= 0.3 is 0 Å². The molecule has 0 saturated carbocycles. The first kappa shape index (κ1) is 17.7. The van der Waals surface area contributed by atoms with E-state index < -0.39 is 0 Å². The summed E-state index contributed by atoms with van der Waals surface area (Å²) in [4.78, 5) is 17.6. The third-order valence-corrected chi connectivity index (χ3v) is 5.57. The summed E-state index contributed by atoms with van der Waals surface area (Å²) >= 11 is 1.61. The zero-order valence-corrected chi connectivity index (χ0v) is 15.9. The Morgan fingerprint density at radius 3 is 2.96 bits per heavy atom. The van der Waals surface area contributed by atoms with Crippen molar-refractivity contribution in [2.45, 2.75) is 32.2 Å². The lowest BCUT2D eigenvalue weighted by Crippen LogP contribution is -2.26. The van der Waals surface area contributed by atoms with E-state index in [0.29, 0.717) is 13.1 Å². The Morgan fingerprint density at radius 2 is 2.15 bits per heavy atom. The predicted octanol–water partition coefficient (Wildman–Crippen LogP) is 3.72. The average molecular weight is 379 g/mol. The minimum absolute atomic E-state index is 0.0747. The molecule has 3 aromatic heterocycles. The van der Waals surface area contributed by atoms with Gasteiger partial charge in [-0.1, -0.05) is 12.1 Å². The van der Waals surface area contributed by atoms with Crippen LogP contribution in [0.15, 0.2) is 48.0 Å². The molecule has 0 fully saturated rings. The lowest BCUT2D eigenvalue weighted by atomic mass is 9.95. The van der Waals surface area contributed by atoms with Gasteiger partial charge in [0, 0.05) is 35.0 Å². The molecule has 138 valence electrons. The highest BCUT2D eigenvalue weighted by molar-refractivity contribution is 7.10. The highest BCUT2D eigenvalue weighted by atomic mass is 32.1. The molecule has 0 unspecified atom stereocenters. The molecule has 6 heteroatoms. The van der Waals surface area contributed by atoms with Crippen LogP contribution in [0.1, 0.15) is 29.0 Å². The summed E-state index contributed by atoms with van der Waals surface area (Å²) in [5, 5.41) is 9.78. The van der Waals surface area contributed by atoms with Crippen molar-refractivity contribution in [1.82, 2.24) is 20.1 Å². The van der Waals surface area contributed by atoms with Crippen molar-refractivity contribution in [3.63, 3.8) is 0 Å².